The summed E-state index contributed by atoms with van der Waals surface area (Å²) in [5, 5.41) is 0. The van der Waals surface area contributed by atoms with Gasteiger partial charge in [0.05, 0.1) is 12.0 Å². The molecule has 8 heteroatoms. The van der Waals surface area contributed by atoms with Gasteiger partial charge in [-0.2, -0.15) is 13.2 Å². The second-order valence-corrected chi connectivity index (χ2v) is 11.8. The van der Waals surface area contributed by atoms with E-state index in [0.29, 0.717) is 12.0 Å². The third kappa shape index (κ3) is 7.12. The van der Waals surface area contributed by atoms with Crippen molar-refractivity contribution in [2.75, 3.05) is 39.8 Å². The SMILES string of the molecule is CN(CC1CC(F)CC(C(F)(F)F)C1)C(=O)C(C1CCCCC1)N1CCN(C2CCCCC2)CC1. The summed E-state index contributed by atoms with van der Waals surface area (Å²) >= 11 is 0. The molecule has 4 aliphatic rings. The minimum atomic E-state index is -4.37. The van der Waals surface area contributed by atoms with Gasteiger partial charge in [0.15, 0.2) is 0 Å². The van der Waals surface area contributed by atoms with Gasteiger partial charge in [-0.3, -0.25) is 14.6 Å². The Morgan fingerprint density at radius 3 is 2.09 bits per heavy atom. The van der Waals surface area contributed by atoms with E-state index in [1.54, 1.807) is 11.9 Å². The van der Waals surface area contributed by atoms with Crippen LogP contribution in [0.15, 0.2) is 0 Å². The fourth-order valence-corrected chi connectivity index (χ4v) is 7.41. The minimum absolute atomic E-state index is 0.0348. The molecule has 202 valence electrons. The van der Waals surface area contributed by atoms with E-state index in [1.807, 2.05) is 0 Å². The van der Waals surface area contributed by atoms with Crippen LogP contribution in [0, 0.1) is 17.8 Å². The largest absolute Gasteiger partial charge is 0.391 e. The molecule has 0 bridgehead atoms. The van der Waals surface area contributed by atoms with E-state index < -0.39 is 30.6 Å². The molecular formula is C27H45F4N3O. The van der Waals surface area contributed by atoms with Crippen molar-refractivity contribution in [1.29, 1.82) is 0 Å². The normalized spacial score (nSPS) is 31.9. The predicted molar refractivity (Wildman–Crippen MR) is 130 cm³/mol. The van der Waals surface area contributed by atoms with Crippen LogP contribution in [0.4, 0.5) is 17.6 Å². The Balaban J connectivity index is 1.39. The molecule has 4 rings (SSSR count). The van der Waals surface area contributed by atoms with Crippen molar-refractivity contribution in [3.63, 3.8) is 0 Å². The molecule has 1 heterocycles. The van der Waals surface area contributed by atoms with Crippen molar-refractivity contribution in [2.45, 2.75) is 108 Å². The second-order valence-electron chi connectivity index (χ2n) is 11.8. The van der Waals surface area contributed by atoms with Crippen molar-refractivity contribution < 1.29 is 22.4 Å². The Labute approximate surface area is 208 Å². The summed E-state index contributed by atoms with van der Waals surface area (Å²) in [7, 11) is 1.72. The van der Waals surface area contributed by atoms with Crippen LogP contribution < -0.4 is 0 Å². The Kier molecular flexibility index (Phi) is 9.39. The number of amides is 1. The van der Waals surface area contributed by atoms with Gasteiger partial charge >= 0.3 is 6.18 Å². The quantitative estimate of drug-likeness (QED) is 0.438. The van der Waals surface area contributed by atoms with E-state index in [2.05, 4.69) is 9.80 Å². The molecule has 4 nitrogen and oxygen atoms in total. The molecular weight excluding hydrogens is 458 g/mol. The number of halogens is 4. The summed E-state index contributed by atoms with van der Waals surface area (Å²) in [4.78, 5) is 20.4. The number of carbonyl (C=O) groups is 1. The van der Waals surface area contributed by atoms with Crippen molar-refractivity contribution in [3.05, 3.63) is 0 Å². The standard InChI is InChI=1S/C27H45F4N3O/c1-32(19-20-16-22(27(29,30)31)18-23(28)17-20)26(35)25(21-8-4-2-5-9-21)34-14-12-33(13-15-34)24-10-6-3-7-11-24/h20-25H,2-19H2,1H3. The first-order chi connectivity index (χ1) is 16.7. The lowest BCUT2D eigenvalue weighted by Crippen LogP contribution is -2.59. The van der Waals surface area contributed by atoms with Crippen LogP contribution in [0.25, 0.3) is 0 Å². The molecule has 0 aromatic heterocycles. The summed E-state index contributed by atoms with van der Waals surface area (Å²) in [6.45, 7) is 3.96. The molecule has 0 spiro atoms. The summed E-state index contributed by atoms with van der Waals surface area (Å²) in [6.07, 6.45) is 5.91. The lowest BCUT2D eigenvalue weighted by atomic mass is 9.79. The average Bonchev–Trinajstić information content (AvgIpc) is 2.85. The highest BCUT2D eigenvalue weighted by Gasteiger charge is 2.46. The zero-order valence-corrected chi connectivity index (χ0v) is 21.5. The van der Waals surface area contributed by atoms with Gasteiger partial charge in [-0.25, -0.2) is 4.39 Å². The number of piperazine rings is 1. The molecule has 1 saturated heterocycles. The zero-order chi connectivity index (χ0) is 25.0. The molecule has 35 heavy (non-hydrogen) atoms. The molecule has 3 saturated carbocycles. The highest BCUT2D eigenvalue weighted by Crippen LogP contribution is 2.41. The van der Waals surface area contributed by atoms with Crippen LogP contribution in [0.5, 0.6) is 0 Å². The summed E-state index contributed by atoms with van der Waals surface area (Å²) in [5.41, 5.74) is 0. The number of hydrogen-bond donors (Lipinski definition) is 0. The van der Waals surface area contributed by atoms with Crippen molar-refractivity contribution in [1.82, 2.24) is 14.7 Å². The van der Waals surface area contributed by atoms with E-state index in [9.17, 15) is 22.4 Å². The molecule has 1 aliphatic heterocycles. The van der Waals surface area contributed by atoms with Gasteiger partial charge < -0.3 is 4.90 Å². The smallest absolute Gasteiger partial charge is 0.344 e. The van der Waals surface area contributed by atoms with Gasteiger partial charge in [-0.1, -0.05) is 38.5 Å². The average molecular weight is 504 g/mol. The van der Waals surface area contributed by atoms with Gasteiger partial charge in [0.2, 0.25) is 5.91 Å². The first kappa shape index (κ1) is 27.2. The molecule has 4 atom stereocenters. The highest BCUT2D eigenvalue weighted by atomic mass is 19.4. The second kappa shape index (κ2) is 12.1. The third-order valence-corrected chi connectivity index (χ3v) is 9.30. The number of hydrogen-bond acceptors (Lipinski definition) is 3. The molecule has 4 unspecified atom stereocenters. The number of nitrogens with zero attached hydrogens (tertiary/aromatic N) is 3. The lowest BCUT2D eigenvalue weighted by molar-refractivity contribution is -0.191. The first-order valence-electron chi connectivity index (χ1n) is 14.2. The van der Waals surface area contributed by atoms with Crippen LogP contribution in [-0.2, 0) is 4.79 Å². The Bertz CT molecular complexity index is 670. The molecule has 4 fully saturated rings. The topological polar surface area (TPSA) is 26.8 Å². The third-order valence-electron chi connectivity index (χ3n) is 9.30. The monoisotopic (exact) mass is 503 g/mol. The van der Waals surface area contributed by atoms with Crippen LogP contribution in [-0.4, -0.2) is 84.8 Å². The summed E-state index contributed by atoms with van der Waals surface area (Å²) in [5.74, 6) is -1.69. The Morgan fingerprint density at radius 1 is 0.886 bits per heavy atom. The maximum atomic E-state index is 14.2. The predicted octanol–water partition coefficient (Wildman–Crippen LogP) is 5.66. The van der Waals surface area contributed by atoms with Crippen molar-refractivity contribution >= 4 is 5.91 Å². The number of rotatable bonds is 6. The highest BCUT2D eigenvalue weighted by molar-refractivity contribution is 5.82. The van der Waals surface area contributed by atoms with E-state index in [1.165, 1.54) is 38.5 Å². The fraction of sp³-hybridized carbons (Fsp3) is 0.963. The first-order valence-corrected chi connectivity index (χ1v) is 14.2. The van der Waals surface area contributed by atoms with Gasteiger partial charge in [0.1, 0.15) is 6.17 Å². The Hall–Kier alpha value is -0.890. The van der Waals surface area contributed by atoms with Crippen LogP contribution >= 0.6 is 0 Å². The van der Waals surface area contributed by atoms with Gasteiger partial charge in [-0.05, 0) is 56.8 Å². The number of likely N-dealkylation sites (N-methyl/N-ethyl adjacent to an activating group) is 1. The van der Waals surface area contributed by atoms with Gasteiger partial charge in [0.25, 0.3) is 0 Å². The van der Waals surface area contributed by atoms with Gasteiger partial charge in [-0.15, -0.1) is 0 Å². The molecule has 0 aromatic carbocycles. The van der Waals surface area contributed by atoms with Crippen LogP contribution in [0.3, 0.4) is 0 Å². The fourth-order valence-electron chi connectivity index (χ4n) is 7.41. The van der Waals surface area contributed by atoms with Crippen LogP contribution in [0.2, 0.25) is 0 Å². The lowest BCUT2D eigenvalue weighted by Gasteiger charge is -2.46. The van der Waals surface area contributed by atoms with E-state index >= 15 is 0 Å². The van der Waals surface area contributed by atoms with E-state index in [-0.39, 0.29) is 31.3 Å². The summed E-state index contributed by atoms with van der Waals surface area (Å²) < 4.78 is 54.1. The summed E-state index contributed by atoms with van der Waals surface area (Å²) in [6, 6.07) is 0.482. The molecule has 0 radical (unpaired) electrons. The van der Waals surface area contributed by atoms with Gasteiger partial charge in [0, 0.05) is 45.8 Å². The zero-order valence-electron chi connectivity index (χ0n) is 21.5. The van der Waals surface area contributed by atoms with E-state index in [4.69, 9.17) is 0 Å². The van der Waals surface area contributed by atoms with Crippen molar-refractivity contribution in [3.8, 4) is 0 Å². The molecule has 3 aliphatic carbocycles. The number of carbonyl (C=O) groups excluding carboxylic acids is 1. The maximum absolute atomic E-state index is 14.2. The maximum Gasteiger partial charge on any atom is 0.391 e. The molecule has 0 N–H and O–H groups in total. The number of alkyl halides is 4. The van der Waals surface area contributed by atoms with Crippen LogP contribution in [0.1, 0.15) is 83.5 Å². The van der Waals surface area contributed by atoms with Crippen molar-refractivity contribution in [2.24, 2.45) is 17.8 Å². The minimum Gasteiger partial charge on any atom is -0.344 e. The van der Waals surface area contributed by atoms with E-state index in [0.717, 1.165) is 51.9 Å². The molecule has 1 amide bonds. The Morgan fingerprint density at radius 2 is 1.49 bits per heavy atom. The molecule has 0 aromatic rings.